The Labute approximate surface area is 87.2 Å². The lowest BCUT2D eigenvalue weighted by molar-refractivity contribution is 0.564. The van der Waals surface area contributed by atoms with Gasteiger partial charge in [0.15, 0.2) is 0 Å². The summed E-state index contributed by atoms with van der Waals surface area (Å²) in [6, 6.07) is 4.21. The largest absolute Gasteiger partial charge is 0.271 e. The molecule has 1 atom stereocenters. The summed E-state index contributed by atoms with van der Waals surface area (Å²) in [4.78, 5) is 0. The molecule has 0 aliphatic heterocycles. The van der Waals surface area contributed by atoms with Gasteiger partial charge in [-0.1, -0.05) is 17.7 Å². The summed E-state index contributed by atoms with van der Waals surface area (Å²) < 4.78 is 12.8. The highest BCUT2D eigenvalue weighted by Gasteiger charge is 2.09. The standard InChI is InChI=1S/C10H10ClFN2/c1-2-3-10(14-13)7-4-5-9(12)8(11)6-7/h1,4-6,10,14H,3,13H2. The minimum Gasteiger partial charge on any atom is -0.271 e. The number of benzene rings is 1. The number of rotatable bonds is 3. The predicted molar refractivity (Wildman–Crippen MR) is 54.9 cm³/mol. The van der Waals surface area contributed by atoms with Crippen LogP contribution < -0.4 is 11.3 Å². The third-order valence-corrected chi connectivity index (χ3v) is 2.16. The first kappa shape index (κ1) is 11.0. The maximum atomic E-state index is 12.8. The Bertz CT molecular complexity index is 360. The van der Waals surface area contributed by atoms with Crippen molar-refractivity contribution in [1.29, 1.82) is 0 Å². The Hall–Kier alpha value is -1.08. The van der Waals surface area contributed by atoms with Crippen LogP contribution in [0.25, 0.3) is 0 Å². The van der Waals surface area contributed by atoms with Crippen LogP contribution in [0, 0.1) is 18.2 Å². The summed E-state index contributed by atoms with van der Waals surface area (Å²) in [7, 11) is 0. The molecule has 2 nitrogen and oxygen atoms in total. The van der Waals surface area contributed by atoms with Gasteiger partial charge in [-0.25, -0.2) is 4.39 Å². The first-order valence-electron chi connectivity index (χ1n) is 4.03. The zero-order valence-corrected chi connectivity index (χ0v) is 8.18. The summed E-state index contributed by atoms with van der Waals surface area (Å²) in [6.07, 6.45) is 5.59. The quantitative estimate of drug-likeness (QED) is 0.457. The first-order valence-corrected chi connectivity index (χ1v) is 4.41. The Kier molecular flexibility index (Phi) is 3.90. The molecule has 0 aliphatic carbocycles. The van der Waals surface area contributed by atoms with Gasteiger partial charge in [0.2, 0.25) is 0 Å². The molecule has 0 bridgehead atoms. The van der Waals surface area contributed by atoms with E-state index in [4.69, 9.17) is 23.9 Å². The topological polar surface area (TPSA) is 38.0 Å². The fourth-order valence-electron chi connectivity index (χ4n) is 1.12. The van der Waals surface area contributed by atoms with Crippen LogP contribution >= 0.6 is 11.6 Å². The summed E-state index contributed by atoms with van der Waals surface area (Å²) in [5.74, 6) is 7.32. The number of hydrazine groups is 1. The fraction of sp³-hybridized carbons (Fsp3) is 0.200. The summed E-state index contributed by atoms with van der Waals surface area (Å²) in [5, 5.41) is 0.0692. The van der Waals surface area contributed by atoms with Gasteiger partial charge in [0, 0.05) is 6.42 Å². The zero-order chi connectivity index (χ0) is 10.6. The molecular formula is C10H10ClFN2. The third kappa shape index (κ3) is 2.46. The lowest BCUT2D eigenvalue weighted by atomic mass is 10.1. The van der Waals surface area contributed by atoms with Gasteiger partial charge in [0.1, 0.15) is 5.82 Å². The minimum atomic E-state index is -0.452. The molecule has 0 saturated carbocycles. The molecule has 0 heterocycles. The summed E-state index contributed by atoms with van der Waals surface area (Å²) >= 11 is 5.62. The van der Waals surface area contributed by atoms with E-state index in [-0.39, 0.29) is 11.1 Å². The van der Waals surface area contributed by atoms with Gasteiger partial charge in [-0.05, 0) is 17.7 Å². The van der Waals surface area contributed by atoms with Crippen molar-refractivity contribution < 1.29 is 4.39 Å². The van der Waals surface area contributed by atoms with Gasteiger partial charge >= 0.3 is 0 Å². The molecule has 1 aromatic carbocycles. The Morgan fingerprint density at radius 1 is 1.64 bits per heavy atom. The van der Waals surface area contributed by atoms with Crippen molar-refractivity contribution in [2.45, 2.75) is 12.5 Å². The molecule has 1 rings (SSSR count). The van der Waals surface area contributed by atoms with Crippen molar-refractivity contribution in [3.8, 4) is 12.3 Å². The molecule has 3 N–H and O–H groups in total. The minimum absolute atomic E-state index is 0.0692. The maximum absolute atomic E-state index is 12.8. The van der Waals surface area contributed by atoms with Gasteiger partial charge in [-0.3, -0.25) is 11.3 Å². The van der Waals surface area contributed by atoms with Crippen LogP contribution in [-0.2, 0) is 0 Å². The van der Waals surface area contributed by atoms with Crippen molar-refractivity contribution in [2.24, 2.45) is 5.84 Å². The second-order valence-corrected chi connectivity index (χ2v) is 3.21. The highest BCUT2D eigenvalue weighted by molar-refractivity contribution is 6.30. The van der Waals surface area contributed by atoms with Gasteiger partial charge in [0.05, 0.1) is 11.1 Å². The Morgan fingerprint density at radius 3 is 2.86 bits per heavy atom. The number of hydrogen-bond acceptors (Lipinski definition) is 2. The van der Waals surface area contributed by atoms with Crippen molar-refractivity contribution in [2.75, 3.05) is 0 Å². The van der Waals surface area contributed by atoms with Crippen molar-refractivity contribution >= 4 is 11.6 Å². The molecule has 1 aromatic rings. The molecule has 14 heavy (non-hydrogen) atoms. The van der Waals surface area contributed by atoms with E-state index in [0.29, 0.717) is 6.42 Å². The van der Waals surface area contributed by atoms with E-state index in [1.54, 1.807) is 6.07 Å². The number of hydrogen-bond donors (Lipinski definition) is 2. The molecule has 0 aliphatic rings. The average molecular weight is 213 g/mol. The monoisotopic (exact) mass is 212 g/mol. The van der Waals surface area contributed by atoms with Crippen molar-refractivity contribution in [1.82, 2.24) is 5.43 Å². The van der Waals surface area contributed by atoms with Crippen LogP contribution in [0.2, 0.25) is 5.02 Å². The first-order chi connectivity index (χ1) is 6.69. The fourth-order valence-corrected chi connectivity index (χ4v) is 1.31. The van der Waals surface area contributed by atoms with Crippen LogP contribution in [0.1, 0.15) is 18.0 Å². The van der Waals surface area contributed by atoms with Crippen LogP contribution in [0.4, 0.5) is 4.39 Å². The molecule has 4 heteroatoms. The highest BCUT2D eigenvalue weighted by Crippen LogP contribution is 2.21. The highest BCUT2D eigenvalue weighted by atomic mass is 35.5. The van der Waals surface area contributed by atoms with Gasteiger partial charge in [0.25, 0.3) is 0 Å². The van der Waals surface area contributed by atoms with E-state index >= 15 is 0 Å². The van der Waals surface area contributed by atoms with Crippen LogP contribution in [0.3, 0.4) is 0 Å². The number of nitrogens with one attached hydrogen (secondary N) is 1. The average Bonchev–Trinajstić information content (AvgIpc) is 2.19. The lowest BCUT2D eigenvalue weighted by Gasteiger charge is -2.13. The second kappa shape index (κ2) is 4.97. The molecule has 0 radical (unpaired) electrons. The summed E-state index contributed by atoms with van der Waals surface area (Å²) in [5.41, 5.74) is 3.32. The van der Waals surface area contributed by atoms with Crippen LogP contribution in [0.15, 0.2) is 18.2 Å². The predicted octanol–water partition coefficient (Wildman–Crippen LogP) is 2.01. The molecule has 0 amide bonds. The summed E-state index contributed by atoms with van der Waals surface area (Å²) in [6.45, 7) is 0. The maximum Gasteiger partial charge on any atom is 0.141 e. The van der Waals surface area contributed by atoms with E-state index in [1.165, 1.54) is 12.1 Å². The number of halogens is 2. The van der Waals surface area contributed by atoms with E-state index in [9.17, 15) is 4.39 Å². The Morgan fingerprint density at radius 2 is 2.36 bits per heavy atom. The number of nitrogens with two attached hydrogens (primary N) is 1. The van der Waals surface area contributed by atoms with E-state index < -0.39 is 5.82 Å². The smallest absolute Gasteiger partial charge is 0.141 e. The Balaban J connectivity index is 2.95. The molecule has 74 valence electrons. The van der Waals surface area contributed by atoms with Gasteiger partial charge in [-0.15, -0.1) is 12.3 Å². The van der Waals surface area contributed by atoms with E-state index in [1.807, 2.05) is 0 Å². The lowest BCUT2D eigenvalue weighted by Crippen LogP contribution is -2.27. The second-order valence-electron chi connectivity index (χ2n) is 2.80. The van der Waals surface area contributed by atoms with Crippen molar-refractivity contribution in [3.63, 3.8) is 0 Å². The molecular weight excluding hydrogens is 203 g/mol. The van der Waals surface area contributed by atoms with E-state index in [2.05, 4.69) is 11.3 Å². The van der Waals surface area contributed by atoms with Crippen molar-refractivity contribution in [3.05, 3.63) is 34.6 Å². The van der Waals surface area contributed by atoms with Gasteiger partial charge in [-0.2, -0.15) is 0 Å². The SMILES string of the molecule is C#CCC(NN)c1ccc(F)c(Cl)c1. The van der Waals surface area contributed by atoms with Gasteiger partial charge < -0.3 is 0 Å². The molecule has 1 unspecified atom stereocenters. The molecule has 0 aromatic heterocycles. The molecule has 0 spiro atoms. The molecule has 0 saturated heterocycles. The zero-order valence-electron chi connectivity index (χ0n) is 7.43. The molecule has 0 fully saturated rings. The van der Waals surface area contributed by atoms with E-state index in [0.717, 1.165) is 5.56 Å². The third-order valence-electron chi connectivity index (χ3n) is 1.87. The van der Waals surface area contributed by atoms with Crippen LogP contribution in [0.5, 0.6) is 0 Å². The normalized spacial score (nSPS) is 12.1. The number of terminal acetylenes is 1. The van der Waals surface area contributed by atoms with Crippen LogP contribution in [-0.4, -0.2) is 0 Å².